The van der Waals surface area contributed by atoms with Crippen LogP contribution in [0.25, 0.3) is 22.3 Å². The summed E-state index contributed by atoms with van der Waals surface area (Å²) in [6.45, 7) is 4.63. The minimum atomic E-state index is -0.118. The summed E-state index contributed by atoms with van der Waals surface area (Å²) >= 11 is 4.99. The molecular weight excluding hydrogens is 597 g/mol. The minimum absolute atomic E-state index is 0.118. The highest BCUT2D eigenvalue weighted by atomic mass is 127. The fraction of sp³-hybridized carbons (Fsp3) is 0.308. The quantitative estimate of drug-likeness (QED) is 0.164. The summed E-state index contributed by atoms with van der Waals surface area (Å²) in [5.74, 6) is 0. The van der Waals surface area contributed by atoms with Gasteiger partial charge in [-0.25, -0.2) is 0 Å². The smallest absolute Gasteiger partial charge is 0.0225 e. The summed E-state index contributed by atoms with van der Waals surface area (Å²) in [6.07, 6.45) is 7.93. The van der Waals surface area contributed by atoms with Gasteiger partial charge in [0.2, 0.25) is 0 Å². The molecule has 0 N–H and O–H groups in total. The third-order valence-electron chi connectivity index (χ3n) is 5.22. The Hall–Kier alpha value is -0.450. The minimum Gasteiger partial charge on any atom is -0.0746 e. The average molecular weight is 626 g/mol. The first kappa shape index (κ1) is 23.2. The fourth-order valence-corrected chi connectivity index (χ4v) is 8.76. The van der Waals surface area contributed by atoms with Crippen molar-refractivity contribution in [3.8, 4) is 22.3 Å². The molecular formula is C26H29I2P. The third-order valence-corrected chi connectivity index (χ3v) is 9.47. The van der Waals surface area contributed by atoms with Gasteiger partial charge in [0.05, 0.1) is 0 Å². The van der Waals surface area contributed by atoms with E-state index in [4.69, 9.17) is 0 Å². The Morgan fingerprint density at radius 2 is 1.34 bits per heavy atom. The van der Waals surface area contributed by atoms with E-state index in [1.807, 2.05) is 0 Å². The van der Waals surface area contributed by atoms with Crippen LogP contribution in [0.5, 0.6) is 0 Å². The molecule has 0 atom stereocenters. The molecule has 0 nitrogen and oxygen atoms in total. The topological polar surface area (TPSA) is 0 Å². The monoisotopic (exact) mass is 626 g/mol. The molecule has 0 aliphatic carbocycles. The lowest BCUT2D eigenvalue weighted by Crippen LogP contribution is -2.11. The van der Waals surface area contributed by atoms with Crippen LogP contribution >= 0.6 is 53.1 Å². The summed E-state index contributed by atoms with van der Waals surface area (Å²) in [5, 5.41) is 1.60. The van der Waals surface area contributed by atoms with Crippen LogP contribution in [0, 0.1) is 7.14 Å². The molecule has 0 aromatic heterocycles. The molecule has 0 amide bonds. The van der Waals surface area contributed by atoms with Crippen LogP contribution in [0.15, 0.2) is 66.7 Å². The van der Waals surface area contributed by atoms with Gasteiger partial charge in [-0.3, -0.25) is 0 Å². The number of hydrogen-bond donors (Lipinski definition) is 0. The summed E-state index contributed by atoms with van der Waals surface area (Å²) < 4.78 is 2.65. The maximum atomic E-state index is 2.54. The van der Waals surface area contributed by atoms with E-state index < -0.39 is 0 Å². The van der Waals surface area contributed by atoms with Gasteiger partial charge in [0.15, 0.2) is 0 Å². The number of unbranched alkanes of at least 4 members (excludes halogenated alkanes) is 2. The maximum Gasteiger partial charge on any atom is 0.0225 e. The zero-order valence-electron chi connectivity index (χ0n) is 17.3. The van der Waals surface area contributed by atoms with Crippen molar-refractivity contribution < 1.29 is 0 Å². The van der Waals surface area contributed by atoms with Crippen LogP contribution < -0.4 is 5.30 Å². The first-order valence-electron chi connectivity index (χ1n) is 10.5. The van der Waals surface area contributed by atoms with Gasteiger partial charge in [-0.15, -0.1) is 0 Å². The third kappa shape index (κ3) is 6.04. The molecule has 0 unspecified atom stereocenters. The normalized spacial score (nSPS) is 11.2. The predicted octanol–water partition coefficient (Wildman–Crippen LogP) is 8.94. The highest BCUT2D eigenvalue weighted by Gasteiger charge is 2.20. The molecule has 0 aliphatic rings. The molecule has 0 bridgehead atoms. The lowest BCUT2D eigenvalue weighted by molar-refractivity contribution is 0.871. The number of rotatable bonds is 9. The van der Waals surface area contributed by atoms with E-state index in [0.717, 1.165) is 0 Å². The summed E-state index contributed by atoms with van der Waals surface area (Å²) in [4.78, 5) is 0. The Morgan fingerprint density at radius 3 is 2.00 bits per heavy atom. The summed E-state index contributed by atoms with van der Waals surface area (Å²) in [5.41, 5.74) is 5.52. The van der Waals surface area contributed by atoms with Crippen LogP contribution in [-0.2, 0) is 0 Å². The van der Waals surface area contributed by atoms with E-state index in [1.54, 1.807) is 5.30 Å². The number of halogens is 2. The van der Waals surface area contributed by atoms with Crippen LogP contribution in [0.4, 0.5) is 0 Å². The molecule has 29 heavy (non-hydrogen) atoms. The predicted molar refractivity (Wildman–Crippen MR) is 149 cm³/mol. The molecule has 0 saturated heterocycles. The van der Waals surface area contributed by atoms with E-state index in [9.17, 15) is 0 Å². The summed E-state index contributed by atoms with van der Waals surface area (Å²) in [6, 6.07) is 24.8. The maximum absolute atomic E-state index is 2.54. The molecule has 0 radical (unpaired) electrons. The SMILES string of the molecule is CCCCP(CCCC)c1ccccc1-c1c(I)cc(I)cc1-c1ccccc1. The van der Waals surface area contributed by atoms with Crippen molar-refractivity contribution >= 4 is 58.4 Å². The lowest BCUT2D eigenvalue weighted by Gasteiger charge is -2.23. The van der Waals surface area contributed by atoms with Gasteiger partial charge in [0.1, 0.15) is 0 Å². The lowest BCUT2D eigenvalue weighted by atomic mass is 9.94. The molecule has 0 aliphatic heterocycles. The Labute approximate surface area is 204 Å². The van der Waals surface area contributed by atoms with E-state index in [2.05, 4.69) is 126 Å². The van der Waals surface area contributed by atoms with Crippen molar-refractivity contribution in [1.29, 1.82) is 0 Å². The van der Waals surface area contributed by atoms with Gasteiger partial charge in [0.25, 0.3) is 0 Å². The van der Waals surface area contributed by atoms with E-state index in [0.29, 0.717) is 0 Å². The number of hydrogen-bond acceptors (Lipinski definition) is 0. The van der Waals surface area contributed by atoms with Gasteiger partial charge < -0.3 is 0 Å². The Bertz CT molecular complexity index is 913. The van der Waals surface area contributed by atoms with Crippen molar-refractivity contribution in [2.24, 2.45) is 0 Å². The molecule has 3 aromatic carbocycles. The van der Waals surface area contributed by atoms with Crippen LogP contribution in [0.1, 0.15) is 39.5 Å². The van der Waals surface area contributed by atoms with Gasteiger partial charge >= 0.3 is 0 Å². The highest BCUT2D eigenvalue weighted by Crippen LogP contribution is 2.44. The summed E-state index contributed by atoms with van der Waals surface area (Å²) in [7, 11) is -0.118. The second kappa shape index (κ2) is 11.8. The van der Waals surface area contributed by atoms with Gasteiger partial charge in [-0.1, -0.05) is 89.2 Å². The van der Waals surface area contributed by atoms with E-state index in [-0.39, 0.29) is 7.92 Å². The van der Waals surface area contributed by atoms with Gasteiger partial charge in [-0.2, -0.15) is 0 Å². The Kier molecular flexibility index (Phi) is 9.46. The van der Waals surface area contributed by atoms with Crippen molar-refractivity contribution in [3.05, 3.63) is 73.9 Å². The van der Waals surface area contributed by atoms with Crippen molar-refractivity contribution in [2.75, 3.05) is 12.3 Å². The van der Waals surface area contributed by atoms with Crippen LogP contribution in [0.2, 0.25) is 0 Å². The number of benzene rings is 3. The molecule has 3 rings (SSSR count). The van der Waals surface area contributed by atoms with Gasteiger partial charge in [0, 0.05) is 12.7 Å². The largest absolute Gasteiger partial charge is 0.0746 e. The molecule has 3 aromatic rings. The molecule has 3 heteroatoms. The zero-order chi connectivity index (χ0) is 20.6. The standard InChI is InChI=1S/C26H29I2P/c1-3-5-16-29(17-6-4-2)25-15-11-10-14-22(25)26-23(18-21(27)19-24(26)28)20-12-8-7-9-13-20/h7-15,18-19H,3-6,16-17H2,1-2H3. The van der Waals surface area contributed by atoms with Crippen LogP contribution in [0.3, 0.4) is 0 Å². The first-order chi connectivity index (χ1) is 14.2. The first-order valence-corrected chi connectivity index (χ1v) is 14.4. The average Bonchev–Trinajstić information content (AvgIpc) is 2.74. The Morgan fingerprint density at radius 1 is 0.724 bits per heavy atom. The Balaban J connectivity index is 2.17. The van der Waals surface area contributed by atoms with E-state index >= 15 is 0 Å². The molecule has 0 fully saturated rings. The van der Waals surface area contributed by atoms with E-state index in [1.165, 1.54) is 67.4 Å². The van der Waals surface area contributed by atoms with Crippen molar-refractivity contribution in [3.63, 3.8) is 0 Å². The molecule has 152 valence electrons. The molecule has 0 spiro atoms. The zero-order valence-corrected chi connectivity index (χ0v) is 22.5. The van der Waals surface area contributed by atoms with Crippen molar-refractivity contribution in [1.82, 2.24) is 0 Å². The highest BCUT2D eigenvalue weighted by molar-refractivity contribution is 14.1. The fourth-order valence-electron chi connectivity index (χ4n) is 3.70. The van der Waals surface area contributed by atoms with Crippen molar-refractivity contribution in [2.45, 2.75) is 39.5 Å². The second-order valence-corrected chi connectivity index (χ2v) is 12.3. The van der Waals surface area contributed by atoms with Gasteiger partial charge in [-0.05, 0) is 104 Å². The van der Waals surface area contributed by atoms with Crippen LogP contribution in [-0.4, -0.2) is 12.3 Å². The molecule has 0 saturated carbocycles. The second-order valence-electron chi connectivity index (χ2n) is 7.39. The molecule has 0 heterocycles.